The summed E-state index contributed by atoms with van der Waals surface area (Å²) in [4.78, 5) is 13.3. The number of likely N-dealkylation sites (tertiary alicyclic amines) is 1. The third-order valence-corrected chi connectivity index (χ3v) is 3.82. The van der Waals surface area contributed by atoms with Crippen LogP contribution < -0.4 is 5.32 Å². The highest BCUT2D eigenvalue weighted by Crippen LogP contribution is 2.15. The van der Waals surface area contributed by atoms with E-state index in [-0.39, 0.29) is 0 Å². The summed E-state index contributed by atoms with van der Waals surface area (Å²) in [6.07, 6.45) is 2.58. The van der Waals surface area contributed by atoms with Gasteiger partial charge in [0.2, 0.25) is 0 Å². The molecule has 1 atom stereocenters. The van der Waals surface area contributed by atoms with E-state index in [1.54, 1.807) is 12.1 Å². The Morgan fingerprint density at radius 2 is 2.16 bits per heavy atom. The summed E-state index contributed by atoms with van der Waals surface area (Å²) in [6, 6.07) is 7.73. The van der Waals surface area contributed by atoms with Crippen LogP contribution in [0.3, 0.4) is 0 Å². The number of nitrogens with zero attached hydrogens (tertiary/aromatic N) is 1. The van der Waals surface area contributed by atoms with Gasteiger partial charge in [-0.15, -0.1) is 0 Å². The van der Waals surface area contributed by atoms with Gasteiger partial charge in [-0.2, -0.15) is 0 Å². The highest BCUT2D eigenvalue weighted by Gasteiger charge is 2.21. The SMILES string of the molecule is CCN1CCCC1CNCc1ccc(C(=O)O)cc1. The third-order valence-electron chi connectivity index (χ3n) is 3.82. The largest absolute Gasteiger partial charge is 0.478 e. The molecule has 0 saturated carbocycles. The number of rotatable bonds is 6. The van der Waals surface area contributed by atoms with E-state index in [1.807, 2.05) is 12.1 Å². The number of aromatic carboxylic acids is 1. The monoisotopic (exact) mass is 262 g/mol. The number of carboxylic acid groups (broad SMARTS) is 1. The molecule has 2 N–H and O–H groups in total. The molecule has 1 fully saturated rings. The Balaban J connectivity index is 1.77. The first-order valence-electron chi connectivity index (χ1n) is 6.97. The molecule has 4 heteroatoms. The fourth-order valence-electron chi connectivity index (χ4n) is 2.69. The van der Waals surface area contributed by atoms with Gasteiger partial charge in [0.1, 0.15) is 0 Å². The fraction of sp³-hybridized carbons (Fsp3) is 0.533. The van der Waals surface area contributed by atoms with E-state index < -0.39 is 5.97 Å². The van der Waals surface area contributed by atoms with Gasteiger partial charge in [-0.1, -0.05) is 19.1 Å². The average molecular weight is 262 g/mol. The second-order valence-electron chi connectivity index (χ2n) is 5.06. The van der Waals surface area contributed by atoms with E-state index >= 15 is 0 Å². The highest BCUT2D eigenvalue weighted by atomic mass is 16.4. The van der Waals surface area contributed by atoms with Gasteiger partial charge in [0.25, 0.3) is 0 Å². The Kier molecular flexibility index (Phi) is 4.93. The molecule has 19 heavy (non-hydrogen) atoms. The number of nitrogens with one attached hydrogen (secondary N) is 1. The average Bonchev–Trinajstić information content (AvgIpc) is 2.87. The van der Waals surface area contributed by atoms with Crippen LogP contribution in [0.25, 0.3) is 0 Å². The molecule has 0 radical (unpaired) electrons. The number of carbonyl (C=O) groups is 1. The van der Waals surface area contributed by atoms with Crippen molar-refractivity contribution in [2.24, 2.45) is 0 Å². The summed E-state index contributed by atoms with van der Waals surface area (Å²) in [5.41, 5.74) is 1.47. The van der Waals surface area contributed by atoms with Gasteiger partial charge in [0.05, 0.1) is 5.56 Å². The topological polar surface area (TPSA) is 52.6 Å². The normalized spacial score (nSPS) is 19.7. The Morgan fingerprint density at radius 3 is 2.79 bits per heavy atom. The summed E-state index contributed by atoms with van der Waals surface area (Å²) in [5.74, 6) is -0.871. The van der Waals surface area contributed by atoms with Crippen molar-refractivity contribution >= 4 is 5.97 Å². The van der Waals surface area contributed by atoms with E-state index in [1.165, 1.54) is 19.4 Å². The molecule has 1 aliphatic heterocycles. The van der Waals surface area contributed by atoms with E-state index in [2.05, 4.69) is 17.1 Å². The molecule has 1 unspecified atom stereocenters. The van der Waals surface area contributed by atoms with Crippen LogP contribution in [-0.2, 0) is 6.54 Å². The Labute approximate surface area is 114 Å². The molecule has 1 aromatic carbocycles. The van der Waals surface area contributed by atoms with Gasteiger partial charge in [-0.25, -0.2) is 4.79 Å². The number of hydrogen-bond donors (Lipinski definition) is 2. The van der Waals surface area contributed by atoms with E-state index in [0.717, 1.165) is 25.2 Å². The van der Waals surface area contributed by atoms with Crippen molar-refractivity contribution in [2.45, 2.75) is 32.4 Å². The number of likely N-dealkylation sites (N-methyl/N-ethyl adjacent to an activating group) is 1. The predicted molar refractivity (Wildman–Crippen MR) is 75.4 cm³/mol. The fourth-order valence-corrected chi connectivity index (χ4v) is 2.69. The van der Waals surface area contributed by atoms with Crippen LogP contribution in [-0.4, -0.2) is 41.7 Å². The molecule has 4 nitrogen and oxygen atoms in total. The molecule has 1 saturated heterocycles. The van der Waals surface area contributed by atoms with Gasteiger partial charge in [-0.05, 0) is 43.6 Å². The lowest BCUT2D eigenvalue weighted by molar-refractivity contribution is 0.0697. The van der Waals surface area contributed by atoms with Crippen LogP contribution in [0.5, 0.6) is 0 Å². The minimum atomic E-state index is -0.871. The summed E-state index contributed by atoms with van der Waals surface area (Å²) < 4.78 is 0. The first-order valence-corrected chi connectivity index (χ1v) is 6.97. The van der Waals surface area contributed by atoms with Crippen molar-refractivity contribution in [1.82, 2.24) is 10.2 Å². The maximum absolute atomic E-state index is 10.7. The zero-order valence-electron chi connectivity index (χ0n) is 11.4. The molecule has 0 spiro atoms. The molecule has 0 aromatic heterocycles. The van der Waals surface area contributed by atoms with E-state index in [0.29, 0.717) is 11.6 Å². The summed E-state index contributed by atoms with van der Waals surface area (Å²) in [7, 11) is 0. The van der Waals surface area contributed by atoms with Crippen LogP contribution in [0, 0.1) is 0 Å². The third kappa shape index (κ3) is 3.78. The zero-order valence-corrected chi connectivity index (χ0v) is 11.4. The van der Waals surface area contributed by atoms with Crippen LogP contribution >= 0.6 is 0 Å². The van der Waals surface area contributed by atoms with Gasteiger partial charge < -0.3 is 10.4 Å². The first-order chi connectivity index (χ1) is 9.20. The van der Waals surface area contributed by atoms with Crippen molar-refractivity contribution in [3.8, 4) is 0 Å². The second kappa shape index (κ2) is 6.68. The molecule has 1 aromatic rings. The van der Waals surface area contributed by atoms with Gasteiger partial charge in [0, 0.05) is 19.1 Å². The van der Waals surface area contributed by atoms with Crippen molar-refractivity contribution in [3.63, 3.8) is 0 Å². The second-order valence-corrected chi connectivity index (χ2v) is 5.06. The lowest BCUT2D eigenvalue weighted by atomic mass is 10.1. The molecule has 0 amide bonds. The molecule has 0 bridgehead atoms. The smallest absolute Gasteiger partial charge is 0.335 e. The van der Waals surface area contributed by atoms with E-state index in [9.17, 15) is 4.79 Å². The first kappa shape index (κ1) is 14.0. The molecule has 1 aliphatic rings. The minimum absolute atomic E-state index is 0.344. The molecule has 104 valence electrons. The van der Waals surface area contributed by atoms with Crippen molar-refractivity contribution < 1.29 is 9.90 Å². The maximum Gasteiger partial charge on any atom is 0.335 e. The molecular weight excluding hydrogens is 240 g/mol. The molecule has 2 rings (SSSR count). The van der Waals surface area contributed by atoms with Crippen molar-refractivity contribution in [3.05, 3.63) is 35.4 Å². The summed E-state index contributed by atoms with van der Waals surface area (Å²) >= 11 is 0. The van der Waals surface area contributed by atoms with Crippen LogP contribution in [0.1, 0.15) is 35.7 Å². The van der Waals surface area contributed by atoms with E-state index in [4.69, 9.17) is 5.11 Å². The van der Waals surface area contributed by atoms with Crippen molar-refractivity contribution in [2.75, 3.05) is 19.6 Å². The van der Waals surface area contributed by atoms with Gasteiger partial charge in [0.15, 0.2) is 0 Å². The van der Waals surface area contributed by atoms with Crippen LogP contribution in [0.4, 0.5) is 0 Å². The Hall–Kier alpha value is -1.39. The summed E-state index contributed by atoms with van der Waals surface area (Å²) in [5, 5.41) is 12.3. The van der Waals surface area contributed by atoms with Gasteiger partial charge in [-0.3, -0.25) is 4.90 Å². The van der Waals surface area contributed by atoms with Crippen LogP contribution in [0.2, 0.25) is 0 Å². The minimum Gasteiger partial charge on any atom is -0.478 e. The Bertz CT molecular complexity index is 417. The predicted octanol–water partition coefficient (Wildman–Crippen LogP) is 1.96. The zero-order chi connectivity index (χ0) is 13.7. The van der Waals surface area contributed by atoms with Gasteiger partial charge >= 0.3 is 5.97 Å². The molecule has 0 aliphatic carbocycles. The lowest BCUT2D eigenvalue weighted by Gasteiger charge is -2.23. The maximum atomic E-state index is 10.7. The standard InChI is InChI=1S/C15H22N2O2/c1-2-17-9-3-4-14(17)11-16-10-12-5-7-13(8-6-12)15(18)19/h5-8,14,16H,2-4,9-11H2,1H3,(H,18,19). The number of hydrogen-bond acceptors (Lipinski definition) is 3. The van der Waals surface area contributed by atoms with Crippen molar-refractivity contribution in [1.29, 1.82) is 0 Å². The Morgan fingerprint density at radius 1 is 1.42 bits per heavy atom. The molecular formula is C15H22N2O2. The lowest BCUT2D eigenvalue weighted by Crippen LogP contribution is -2.37. The van der Waals surface area contributed by atoms with Crippen LogP contribution in [0.15, 0.2) is 24.3 Å². The highest BCUT2D eigenvalue weighted by molar-refractivity contribution is 5.87. The summed E-state index contributed by atoms with van der Waals surface area (Å²) in [6.45, 7) is 6.36. The quantitative estimate of drug-likeness (QED) is 0.823. The number of benzene rings is 1. The molecule has 1 heterocycles. The number of carboxylic acids is 1.